The lowest BCUT2D eigenvalue weighted by atomic mass is 10.0. The molecule has 0 aliphatic rings. The number of hydrogen-bond donors (Lipinski definition) is 1. The minimum absolute atomic E-state index is 0.115. The third-order valence-corrected chi connectivity index (χ3v) is 4.49. The van der Waals surface area contributed by atoms with E-state index in [0.29, 0.717) is 13.0 Å². The summed E-state index contributed by atoms with van der Waals surface area (Å²) in [6.45, 7) is 6.19. The van der Waals surface area contributed by atoms with E-state index in [4.69, 9.17) is 4.74 Å². The van der Waals surface area contributed by atoms with Crippen molar-refractivity contribution in [1.82, 2.24) is 14.9 Å². The Hall–Kier alpha value is -2.89. The standard InChI is InChI=1S/C21H25N3O3/c1-4-27-21(26)17(11-14(2)3)23-20(25)13-24-18-8-6-5-7-15(18)16-9-10-22-12-19(16)24/h5-10,12,14,17H,4,11,13H2,1-3H3,(H,23,25)/t17-/m0/s1. The van der Waals surface area contributed by atoms with Gasteiger partial charge in [-0.2, -0.15) is 0 Å². The summed E-state index contributed by atoms with van der Waals surface area (Å²) in [6, 6.07) is 9.26. The van der Waals surface area contributed by atoms with Crippen LogP contribution < -0.4 is 5.32 Å². The number of ether oxygens (including phenoxy) is 1. The van der Waals surface area contributed by atoms with Gasteiger partial charge >= 0.3 is 5.97 Å². The van der Waals surface area contributed by atoms with Crippen molar-refractivity contribution in [3.05, 3.63) is 42.7 Å². The van der Waals surface area contributed by atoms with Gasteiger partial charge in [-0.05, 0) is 31.4 Å². The SMILES string of the molecule is CCOC(=O)[C@H](CC(C)C)NC(=O)Cn1c2ccccc2c2ccncc21. The van der Waals surface area contributed by atoms with E-state index < -0.39 is 6.04 Å². The predicted octanol–water partition coefficient (Wildman–Crippen LogP) is 3.28. The number of para-hydroxylation sites is 1. The summed E-state index contributed by atoms with van der Waals surface area (Å²) in [7, 11) is 0. The van der Waals surface area contributed by atoms with Crippen molar-refractivity contribution in [2.24, 2.45) is 5.92 Å². The zero-order chi connectivity index (χ0) is 19.4. The number of carbonyl (C=O) groups is 2. The highest BCUT2D eigenvalue weighted by atomic mass is 16.5. The lowest BCUT2D eigenvalue weighted by Crippen LogP contribution is -2.44. The van der Waals surface area contributed by atoms with E-state index in [9.17, 15) is 9.59 Å². The Morgan fingerprint density at radius 3 is 2.63 bits per heavy atom. The number of hydrogen-bond acceptors (Lipinski definition) is 4. The van der Waals surface area contributed by atoms with E-state index in [-0.39, 0.29) is 24.3 Å². The minimum atomic E-state index is -0.635. The number of rotatable bonds is 7. The number of carbonyl (C=O) groups excluding carboxylic acids is 2. The van der Waals surface area contributed by atoms with Gasteiger partial charge in [0.25, 0.3) is 0 Å². The molecule has 0 aliphatic heterocycles. The Balaban J connectivity index is 1.87. The lowest BCUT2D eigenvalue weighted by Gasteiger charge is -2.19. The van der Waals surface area contributed by atoms with Crippen LogP contribution in [0.15, 0.2) is 42.7 Å². The van der Waals surface area contributed by atoms with Crippen LogP contribution in [0, 0.1) is 5.92 Å². The van der Waals surface area contributed by atoms with Gasteiger partial charge in [-0.1, -0.05) is 32.0 Å². The molecule has 0 saturated carbocycles. The predicted molar refractivity (Wildman–Crippen MR) is 105 cm³/mol. The van der Waals surface area contributed by atoms with Gasteiger partial charge in [-0.25, -0.2) is 4.79 Å². The number of nitrogens with zero attached hydrogens (tertiary/aromatic N) is 2. The Labute approximate surface area is 158 Å². The minimum Gasteiger partial charge on any atom is -0.464 e. The summed E-state index contributed by atoms with van der Waals surface area (Å²) >= 11 is 0. The van der Waals surface area contributed by atoms with Crippen molar-refractivity contribution < 1.29 is 14.3 Å². The maximum Gasteiger partial charge on any atom is 0.328 e. The highest BCUT2D eigenvalue weighted by Gasteiger charge is 2.23. The Kier molecular flexibility index (Phi) is 5.74. The number of esters is 1. The van der Waals surface area contributed by atoms with Crippen LogP contribution in [0.1, 0.15) is 27.2 Å². The zero-order valence-electron chi connectivity index (χ0n) is 15.9. The Morgan fingerprint density at radius 2 is 1.89 bits per heavy atom. The summed E-state index contributed by atoms with van der Waals surface area (Å²) in [4.78, 5) is 29.1. The molecule has 6 heteroatoms. The van der Waals surface area contributed by atoms with Crippen LogP contribution in [0.3, 0.4) is 0 Å². The maximum absolute atomic E-state index is 12.7. The molecule has 6 nitrogen and oxygen atoms in total. The van der Waals surface area contributed by atoms with Crippen molar-refractivity contribution in [3.8, 4) is 0 Å². The number of amides is 1. The van der Waals surface area contributed by atoms with Gasteiger partial charge in [0.05, 0.1) is 18.3 Å². The number of aromatic nitrogens is 2. The molecule has 1 N–H and O–H groups in total. The van der Waals surface area contributed by atoms with Crippen LogP contribution in [-0.4, -0.2) is 34.1 Å². The summed E-state index contributed by atoms with van der Waals surface area (Å²) in [5, 5.41) is 4.97. The molecule has 2 heterocycles. The molecule has 0 aliphatic carbocycles. The number of nitrogens with one attached hydrogen (secondary N) is 1. The fourth-order valence-electron chi connectivity index (χ4n) is 3.38. The van der Waals surface area contributed by atoms with E-state index in [1.807, 2.05) is 48.7 Å². The van der Waals surface area contributed by atoms with E-state index in [0.717, 1.165) is 21.8 Å². The van der Waals surface area contributed by atoms with E-state index in [2.05, 4.69) is 10.3 Å². The second-order valence-electron chi connectivity index (χ2n) is 7.00. The van der Waals surface area contributed by atoms with E-state index in [1.165, 1.54) is 0 Å². The second kappa shape index (κ2) is 8.20. The van der Waals surface area contributed by atoms with Crippen molar-refractivity contribution in [2.45, 2.75) is 39.8 Å². The molecule has 0 bridgehead atoms. The first-order valence-electron chi connectivity index (χ1n) is 9.28. The molecule has 3 rings (SSSR count). The average molecular weight is 367 g/mol. The van der Waals surface area contributed by atoms with Crippen LogP contribution >= 0.6 is 0 Å². The molecule has 3 aromatic rings. The average Bonchev–Trinajstić information content (AvgIpc) is 2.95. The zero-order valence-corrected chi connectivity index (χ0v) is 15.9. The quantitative estimate of drug-likeness (QED) is 0.651. The number of benzene rings is 1. The van der Waals surface area contributed by atoms with Crippen LogP contribution in [-0.2, 0) is 20.9 Å². The molecule has 0 saturated heterocycles. The first-order chi connectivity index (χ1) is 13.0. The van der Waals surface area contributed by atoms with Crippen LogP contribution in [0.2, 0.25) is 0 Å². The Morgan fingerprint density at radius 1 is 1.15 bits per heavy atom. The third kappa shape index (κ3) is 4.10. The molecule has 0 unspecified atom stereocenters. The smallest absolute Gasteiger partial charge is 0.328 e. The largest absolute Gasteiger partial charge is 0.464 e. The van der Waals surface area contributed by atoms with Gasteiger partial charge in [0.2, 0.25) is 5.91 Å². The summed E-state index contributed by atoms with van der Waals surface area (Å²) in [5.41, 5.74) is 1.86. The molecule has 1 aromatic carbocycles. The molecule has 1 atom stereocenters. The van der Waals surface area contributed by atoms with E-state index in [1.54, 1.807) is 19.3 Å². The molecule has 0 spiro atoms. The van der Waals surface area contributed by atoms with Crippen molar-refractivity contribution >= 4 is 33.7 Å². The summed E-state index contributed by atoms with van der Waals surface area (Å²) in [5.74, 6) is -0.346. The van der Waals surface area contributed by atoms with Gasteiger partial charge in [-0.3, -0.25) is 9.78 Å². The summed E-state index contributed by atoms with van der Waals surface area (Å²) < 4.78 is 7.05. The van der Waals surface area contributed by atoms with Crippen molar-refractivity contribution in [3.63, 3.8) is 0 Å². The second-order valence-corrected chi connectivity index (χ2v) is 7.00. The van der Waals surface area contributed by atoms with Gasteiger partial charge in [0.15, 0.2) is 0 Å². The maximum atomic E-state index is 12.7. The van der Waals surface area contributed by atoms with Crippen LogP contribution in [0.4, 0.5) is 0 Å². The van der Waals surface area contributed by atoms with Gasteiger partial charge < -0.3 is 14.6 Å². The molecule has 0 fully saturated rings. The molecule has 2 aromatic heterocycles. The number of pyridine rings is 1. The molecule has 1 amide bonds. The lowest BCUT2D eigenvalue weighted by molar-refractivity contribution is -0.148. The summed E-state index contributed by atoms with van der Waals surface area (Å²) in [6.07, 6.45) is 4.05. The first-order valence-corrected chi connectivity index (χ1v) is 9.28. The van der Waals surface area contributed by atoms with Crippen molar-refractivity contribution in [1.29, 1.82) is 0 Å². The molecule has 142 valence electrons. The van der Waals surface area contributed by atoms with Crippen LogP contribution in [0.25, 0.3) is 21.8 Å². The highest BCUT2D eigenvalue weighted by Crippen LogP contribution is 2.27. The molecule has 27 heavy (non-hydrogen) atoms. The molecular formula is C21H25N3O3. The monoisotopic (exact) mass is 367 g/mol. The highest BCUT2D eigenvalue weighted by molar-refractivity contribution is 6.08. The fraction of sp³-hybridized carbons (Fsp3) is 0.381. The first kappa shape index (κ1) is 18.9. The fourth-order valence-corrected chi connectivity index (χ4v) is 3.38. The van der Waals surface area contributed by atoms with Crippen LogP contribution in [0.5, 0.6) is 0 Å². The topological polar surface area (TPSA) is 73.2 Å². The third-order valence-electron chi connectivity index (χ3n) is 4.49. The Bertz CT molecular complexity index is 908. The van der Waals surface area contributed by atoms with Gasteiger partial charge in [-0.15, -0.1) is 0 Å². The molecular weight excluding hydrogens is 342 g/mol. The normalized spacial score (nSPS) is 12.4. The molecule has 0 radical (unpaired) electrons. The van der Waals surface area contributed by atoms with Gasteiger partial charge in [0, 0.05) is 22.5 Å². The van der Waals surface area contributed by atoms with Gasteiger partial charge in [0.1, 0.15) is 12.6 Å². The van der Waals surface area contributed by atoms with Crippen molar-refractivity contribution in [2.75, 3.05) is 6.61 Å². The number of fused-ring (bicyclic) bond motifs is 3. The van der Waals surface area contributed by atoms with E-state index >= 15 is 0 Å².